The fourth-order valence-electron chi connectivity index (χ4n) is 4.72. The first-order chi connectivity index (χ1) is 22.7. The van der Waals surface area contributed by atoms with Crippen LogP contribution in [0.15, 0.2) is 131 Å². The number of halogens is 2. The summed E-state index contributed by atoms with van der Waals surface area (Å²) in [4.78, 5) is 28.8. The summed E-state index contributed by atoms with van der Waals surface area (Å²) in [7, 11) is -3.98. The van der Waals surface area contributed by atoms with Crippen LogP contribution in [0.4, 0.5) is 14.5 Å². The molecule has 4 aromatic carbocycles. The molecule has 5 rings (SSSR count). The Morgan fingerprint density at radius 1 is 0.787 bits per heavy atom. The number of carbonyl (C=O) groups excluding carboxylic acids is 2. The molecule has 0 fully saturated rings. The van der Waals surface area contributed by atoms with Crippen LogP contribution in [0.25, 0.3) is 0 Å². The number of amides is 2. The second kappa shape index (κ2) is 15.2. The van der Waals surface area contributed by atoms with Crippen molar-refractivity contribution in [3.8, 4) is 5.75 Å². The third kappa shape index (κ3) is 9.27. The molecule has 1 atom stereocenters. The largest absolute Gasteiger partial charge is 0.484 e. The Labute approximate surface area is 270 Å². The molecular weight excluding hydrogens is 628 g/mol. The van der Waals surface area contributed by atoms with Gasteiger partial charge in [-0.05, 0) is 83.9 Å². The van der Waals surface area contributed by atoms with Gasteiger partial charge in [0.1, 0.15) is 29.2 Å². The molecule has 9 nitrogen and oxygen atoms in total. The van der Waals surface area contributed by atoms with Crippen LogP contribution in [0, 0.1) is 11.6 Å². The van der Waals surface area contributed by atoms with Gasteiger partial charge in [0, 0.05) is 18.7 Å². The molecule has 1 heterocycles. The lowest BCUT2D eigenvalue weighted by Gasteiger charge is -2.31. The number of sulfonamides is 1. The maximum atomic E-state index is 13.8. The Morgan fingerprint density at radius 2 is 1.45 bits per heavy atom. The van der Waals surface area contributed by atoms with Crippen molar-refractivity contribution >= 4 is 27.5 Å². The van der Waals surface area contributed by atoms with E-state index in [2.05, 4.69) is 10.0 Å². The van der Waals surface area contributed by atoms with Gasteiger partial charge in [0.2, 0.25) is 5.91 Å². The van der Waals surface area contributed by atoms with Gasteiger partial charge in [0.25, 0.3) is 15.9 Å². The van der Waals surface area contributed by atoms with Gasteiger partial charge in [0.05, 0.1) is 17.7 Å². The summed E-state index contributed by atoms with van der Waals surface area (Å²) in [6.45, 7) is -0.379. The van der Waals surface area contributed by atoms with Gasteiger partial charge in [-0.15, -0.1) is 0 Å². The van der Waals surface area contributed by atoms with Gasteiger partial charge < -0.3 is 19.4 Å². The lowest BCUT2D eigenvalue weighted by molar-refractivity contribution is -0.142. The number of hydrogen-bond donors (Lipinski definition) is 2. The van der Waals surface area contributed by atoms with Crippen molar-refractivity contribution in [1.82, 2.24) is 10.2 Å². The molecule has 0 aliphatic carbocycles. The van der Waals surface area contributed by atoms with E-state index >= 15 is 0 Å². The number of furan rings is 1. The zero-order chi connectivity index (χ0) is 33.2. The number of benzene rings is 4. The third-order valence-corrected chi connectivity index (χ3v) is 8.54. The van der Waals surface area contributed by atoms with Crippen molar-refractivity contribution < 1.29 is 35.9 Å². The fourth-order valence-corrected chi connectivity index (χ4v) is 5.78. The summed E-state index contributed by atoms with van der Waals surface area (Å²) in [5, 5.41) is 2.84. The molecule has 2 N–H and O–H groups in total. The number of rotatable bonds is 14. The van der Waals surface area contributed by atoms with Crippen LogP contribution in [0.5, 0.6) is 5.75 Å². The Kier molecular flexibility index (Phi) is 10.6. The zero-order valence-corrected chi connectivity index (χ0v) is 25.8. The monoisotopic (exact) mass is 659 g/mol. The Hall–Kier alpha value is -5.49. The van der Waals surface area contributed by atoms with E-state index in [0.29, 0.717) is 11.3 Å². The molecule has 0 saturated carbocycles. The number of carbonyl (C=O) groups is 2. The summed E-state index contributed by atoms with van der Waals surface area (Å²) in [5.41, 5.74) is 1.60. The van der Waals surface area contributed by atoms with Crippen molar-refractivity contribution in [1.29, 1.82) is 0 Å². The van der Waals surface area contributed by atoms with Crippen LogP contribution in [0.1, 0.15) is 16.9 Å². The van der Waals surface area contributed by atoms with Crippen LogP contribution in [0.2, 0.25) is 0 Å². The van der Waals surface area contributed by atoms with E-state index in [-0.39, 0.29) is 35.8 Å². The molecule has 47 heavy (non-hydrogen) atoms. The van der Waals surface area contributed by atoms with E-state index in [1.165, 1.54) is 71.8 Å². The second-order valence-corrected chi connectivity index (χ2v) is 12.2. The quantitative estimate of drug-likeness (QED) is 0.158. The number of nitrogens with zero attached hydrogens (tertiary/aromatic N) is 1. The van der Waals surface area contributed by atoms with Gasteiger partial charge in [-0.25, -0.2) is 17.2 Å². The molecule has 0 unspecified atom stereocenters. The molecule has 0 bridgehead atoms. The van der Waals surface area contributed by atoms with Crippen molar-refractivity contribution in [2.75, 3.05) is 11.3 Å². The molecule has 2 amide bonds. The van der Waals surface area contributed by atoms with Crippen LogP contribution in [-0.2, 0) is 39.1 Å². The predicted octanol–water partition coefficient (Wildman–Crippen LogP) is 5.69. The first-order valence-electron chi connectivity index (χ1n) is 14.6. The summed E-state index contributed by atoms with van der Waals surface area (Å²) >= 11 is 0. The molecule has 12 heteroatoms. The summed E-state index contributed by atoms with van der Waals surface area (Å²) in [5.74, 6) is -1.15. The van der Waals surface area contributed by atoms with Crippen LogP contribution in [-0.4, -0.2) is 37.8 Å². The first-order valence-corrected chi connectivity index (χ1v) is 16.0. The highest BCUT2D eigenvalue weighted by Crippen LogP contribution is 2.21. The first kappa shape index (κ1) is 32.9. The summed E-state index contributed by atoms with van der Waals surface area (Å²) in [6, 6.07) is 27.6. The zero-order valence-electron chi connectivity index (χ0n) is 25.0. The minimum absolute atomic E-state index is 0.0135. The SMILES string of the molecule is O=C(NCc1ccco1)[C@H](Cc1ccccc1)N(Cc1ccc(F)cc1)C(=O)COc1ccc(S(=O)(=O)Nc2ccc(F)cc2)cc1. The highest BCUT2D eigenvalue weighted by Gasteiger charge is 2.31. The van der Waals surface area contributed by atoms with Crippen LogP contribution in [0.3, 0.4) is 0 Å². The highest BCUT2D eigenvalue weighted by atomic mass is 32.2. The predicted molar refractivity (Wildman–Crippen MR) is 171 cm³/mol. The molecular formula is C35H31F2N3O6S. The molecule has 0 aliphatic rings. The van der Waals surface area contributed by atoms with E-state index in [0.717, 1.165) is 17.7 Å². The highest BCUT2D eigenvalue weighted by molar-refractivity contribution is 7.92. The second-order valence-electron chi connectivity index (χ2n) is 10.5. The molecule has 1 aromatic heterocycles. The minimum atomic E-state index is -3.98. The third-order valence-electron chi connectivity index (χ3n) is 7.15. The maximum Gasteiger partial charge on any atom is 0.261 e. The fraction of sp³-hybridized carbons (Fsp3) is 0.143. The summed E-state index contributed by atoms with van der Waals surface area (Å²) in [6.07, 6.45) is 1.68. The lowest BCUT2D eigenvalue weighted by atomic mass is 10.0. The molecule has 0 saturated heterocycles. The Balaban J connectivity index is 1.34. The average Bonchev–Trinajstić information content (AvgIpc) is 3.60. The molecule has 0 radical (unpaired) electrons. The van der Waals surface area contributed by atoms with Gasteiger partial charge in [0.15, 0.2) is 6.61 Å². The van der Waals surface area contributed by atoms with E-state index in [4.69, 9.17) is 9.15 Å². The maximum absolute atomic E-state index is 13.8. The van der Waals surface area contributed by atoms with E-state index in [1.807, 2.05) is 30.3 Å². The van der Waals surface area contributed by atoms with Crippen molar-refractivity contribution in [2.45, 2.75) is 30.4 Å². The van der Waals surface area contributed by atoms with Crippen LogP contribution >= 0.6 is 0 Å². The lowest BCUT2D eigenvalue weighted by Crippen LogP contribution is -2.51. The number of anilines is 1. The number of nitrogens with one attached hydrogen (secondary N) is 2. The molecule has 0 spiro atoms. The van der Waals surface area contributed by atoms with E-state index in [9.17, 15) is 26.8 Å². The number of ether oxygens (including phenoxy) is 1. The summed E-state index contributed by atoms with van der Waals surface area (Å²) < 4.78 is 65.9. The van der Waals surface area contributed by atoms with Crippen molar-refractivity contribution in [3.63, 3.8) is 0 Å². The van der Waals surface area contributed by atoms with E-state index in [1.54, 1.807) is 12.1 Å². The molecule has 0 aliphatic heterocycles. The average molecular weight is 660 g/mol. The van der Waals surface area contributed by atoms with Crippen molar-refractivity contribution in [2.24, 2.45) is 0 Å². The smallest absolute Gasteiger partial charge is 0.261 e. The molecule has 5 aromatic rings. The Bertz CT molecular complexity index is 1870. The number of hydrogen-bond acceptors (Lipinski definition) is 6. The van der Waals surface area contributed by atoms with Gasteiger partial charge in [-0.1, -0.05) is 42.5 Å². The van der Waals surface area contributed by atoms with Gasteiger partial charge in [-0.3, -0.25) is 14.3 Å². The van der Waals surface area contributed by atoms with Gasteiger partial charge >= 0.3 is 0 Å². The Morgan fingerprint density at radius 3 is 2.09 bits per heavy atom. The normalized spacial score (nSPS) is 11.8. The van der Waals surface area contributed by atoms with E-state index < -0.39 is 46.1 Å². The van der Waals surface area contributed by atoms with Crippen LogP contribution < -0.4 is 14.8 Å². The minimum Gasteiger partial charge on any atom is -0.484 e. The standard InChI is InChI=1S/C35H31F2N3O6S/c36-27-10-8-26(9-11-27)23-40(33(21-25-5-2-1-3-6-25)35(42)38-22-31-7-4-20-45-31)34(41)24-46-30-16-18-32(19-17-30)47(43,44)39-29-14-12-28(37)13-15-29/h1-20,33,39H,21-24H2,(H,38,42)/t33-/m0/s1. The van der Waals surface area contributed by atoms with Crippen molar-refractivity contribution in [3.05, 3.63) is 150 Å². The molecule has 242 valence electrons. The topological polar surface area (TPSA) is 118 Å². The van der Waals surface area contributed by atoms with Gasteiger partial charge in [-0.2, -0.15) is 0 Å².